The number of hydrogen-bond acceptors (Lipinski definition) is 5. The molecule has 1 atom stereocenters. The molecule has 2 heterocycles. The maximum Gasteiger partial charge on any atom is 0.237 e. The van der Waals surface area contributed by atoms with Gasteiger partial charge in [-0.25, -0.2) is 4.68 Å². The van der Waals surface area contributed by atoms with Gasteiger partial charge in [-0.05, 0) is 6.42 Å². The van der Waals surface area contributed by atoms with Crippen LogP contribution in [-0.2, 0) is 13.0 Å². The molecular weight excluding hydrogens is 242 g/mol. The summed E-state index contributed by atoms with van der Waals surface area (Å²) in [7, 11) is 0. The van der Waals surface area contributed by atoms with E-state index in [0.29, 0.717) is 18.3 Å². The molecule has 6 nitrogen and oxygen atoms in total. The lowest BCUT2D eigenvalue weighted by molar-refractivity contribution is 0.430. The molecule has 1 unspecified atom stereocenters. The highest BCUT2D eigenvalue weighted by molar-refractivity contribution is 6.20. The normalized spacial score (nSPS) is 12.9. The zero-order chi connectivity index (χ0) is 12.3. The van der Waals surface area contributed by atoms with Crippen LogP contribution < -0.4 is 0 Å². The topological polar surface area (TPSA) is 69.6 Å². The smallest absolute Gasteiger partial charge is 0.237 e. The zero-order valence-electron chi connectivity index (χ0n) is 9.80. The van der Waals surface area contributed by atoms with Crippen LogP contribution in [0.2, 0.25) is 0 Å². The molecule has 0 fully saturated rings. The van der Waals surface area contributed by atoms with Crippen molar-refractivity contribution in [2.24, 2.45) is 0 Å². The van der Waals surface area contributed by atoms with Crippen LogP contribution in [0, 0.1) is 0 Å². The van der Waals surface area contributed by atoms with Gasteiger partial charge in [0.05, 0.1) is 11.6 Å². The summed E-state index contributed by atoms with van der Waals surface area (Å²) in [6, 6.07) is 0. The van der Waals surface area contributed by atoms with E-state index in [1.807, 2.05) is 13.8 Å². The third-order valence-electron chi connectivity index (χ3n) is 2.34. The van der Waals surface area contributed by atoms with Crippen LogP contribution in [-0.4, -0.2) is 25.2 Å². The van der Waals surface area contributed by atoms with E-state index in [1.165, 1.54) is 0 Å². The van der Waals surface area contributed by atoms with E-state index in [0.717, 1.165) is 18.5 Å². The van der Waals surface area contributed by atoms with E-state index in [1.54, 1.807) is 10.9 Å². The van der Waals surface area contributed by atoms with Crippen molar-refractivity contribution in [2.75, 3.05) is 0 Å². The number of alkyl halides is 1. The van der Waals surface area contributed by atoms with Crippen molar-refractivity contribution >= 4 is 11.6 Å². The van der Waals surface area contributed by atoms with Crippen molar-refractivity contribution in [3.63, 3.8) is 0 Å². The Balaban J connectivity index is 2.06. The fourth-order valence-corrected chi connectivity index (χ4v) is 1.48. The van der Waals surface area contributed by atoms with E-state index in [4.69, 9.17) is 16.0 Å². The van der Waals surface area contributed by atoms with Crippen molar-refractivity contribution in [3.05, 3.63) is 23.7 Å². The first-order valence-corrected chi connectivity index (χ1v) is 6.02. The van der Waals surface area contributed by atoms with Crippen molar-refractivity contribution in [1.82, 2.24) is 25.2 Å². The number of aryl methyl sites for hydroxylation is 1. The maximum atomic E-state index is 6.07. The Morgan fingerprint density at radius 2 is 2.06 bits per heavy atom. The lowest BCUT2D eigenvalue weighted by atomic mass is 10.3. The third-order valence-corrected chi connectivity index (χ3v) is 2.88. The SMILES string of the molecule is CCc1nnc(Cn2cc(C(Cl)CC)nn2)o1. The molecule has 0 saturated heterocycles. The molecule has 0 aromatic carbocycles. The third kappa shape index (κ3) is 2.82. The highest BCUT2D eigenvalue weighted by Crippen LogP contribution is 2.20. The second-order valence-corrected chi connectivity index (χ2v) is 4.19. The predicted molar refractivity (Wildman–Crippen MR) is 61.7 cm³/mol. The second kappa shape index (κ2) is 5.27. The summed E-state index contributed by atoms with van der Waals surface area (Å²) in [6.07, 6.45) is 3.35. The van der Waals surface area contributed by atoms with Crippen molar-refractivity contribution < 1.29 is 4.42 Å². The van der Waals surface area contributed by atoms with Crippen molar-refractivity contribution in [3.8, 4) is 0 Å². The zero-order valence-corrected chi connectivity index (χ0v) is 10.6. The average molecular weight is 256 g/mol. The summed E-state index contributed by atoms with van der Waals surface area (Å²) in [5.74, 6) is 1.16. The van der Waals surface area contributed by atoms with Gasteiger partial charge in [-0.2, -0.15) is 0 Å². The molecule has 0 saturated carbocycles. The Bertz CT molecular complexity index is 481. The van der Waals surface area contributed by atoms with E-state index >= 15 is 0 Å². The van der Waals surface area contributed by atoms with Gasteiger partial charge in [0.1, 0.15) is 12.2 Å². The summed E-state index contributed by atoms with van der Waals surface area (Å²) in [5, 5.41) is 15.7. The first kappa shape index (κ1) is 12.0. The molecule has 0 aliphatic heterocycles. The molecule has 2 rings (SSSR count). The molecule has 2 aromatic heterocycles. The molecule has 0 amide bonds. The van der Waals surface area contributed by atoms with Gasteiger partial charge in [-0.1, -0.05) is 19.1 Å². The van der Waals surface area contributed by atoms with Gasteiger partial charge in [0.2, 0.25) is 11.8 Å². The maximum absolute atomic E-state index is 6.07. The molecule has 0 bridgehead atoms. The fourth-order valence-electron chi connectivity index (χ4n) is 1.38. The van der Waals surface area contributed by atoms with Gasteiger partial charge < -0.3 is 4.42 Å². The molecule has 0 radical (unpaired) electrons. The van der Waals surface area contributed by atoms with Crippen molar-refractivity contribution in [1.29, 1.82) is 0 Å². The van der Waals surface area contributed by atoms with Crippen LogP contribution in [0.5, 0.6) is 0 Å². The Morgan fingerprint density at radius 3 is 2.71 bits per heavy atom. The van der Waals surface area contributed by atoms with Crippen LogP contribution in [0.1, 0.15) is 43.1 Å². The first-order chi connectivity index (χ1) is 8.22. The lowest BCUT2D eigenvalue weighted by Gasteiger charge is -1.98. The van der Waals surface area contributed by atoms with Crippen LogP contribution >= 0.6 is 11.6 Å². The number of rotatable bonds is 5. The quantitative estimate of drug-likeness (QED) is 0.764. The molecule has 2 aromatic rings. The lowest BCUT2D eigenvalue weighted by Crippen LogP contribution is -2.00. The molecule has 0 spiro atoms. The van der Waals surface area contributed by atoms with Gasteiger partial charge in [-0.3, -0.25) is 0 Å². The van der Waals surface area contributed by atoms with Crippen LogP contribution in [0.15, 0.2) is 10.6 Å². The Hall–Kier alpha value is -1.43. The van der Waals surface area contributed by atoms with E-state index in [-0.39, 0.29) is 5.38 Å². The van der Waals surface area contributed by atoms with E-state index in [9.17, 15) is 0 Å². The monoisotopic (exact) mass is 255 g/mol. The minimum atomic E-state index is -0.0994. The molecule has 17 heavy (non-hydrogen) atoms. The Kier molecular flexibility index (Phi) is 3.73. The number of halogens is 1. The van der Waals surface area contributed by atoms with E-state index in [2.05, 4.69) is 20.5 Å². The predicted octanol–water partition coefficient (Wildman–Crippen LogP) is 1.96. The summed E-state index contributed by atoms with van der Waals surface area (Å²) in [6.45, 7) is 4.39. The average Bonchev–Trinajstić information content (AvgIpc) is 2.97. The van der Waals surface area contributed by atoms with Gasteiger partial charge in [-0.15, -0.1) is 26.9 Å². The minimum Gasteiger partial charge on any atom is -0.423 e. The summed E-state index contributed by atoms with van der Waals surface area (Å²) in [5.41, 5.74) is 0.768. The standard InChI is InChI=1S/C10H14ClN5O/c1-3-7(11)8-5-16(15-12-8)6-10-14-13-9(4-2)17-10/h5,7H,3-4,6H2,1-2H3. The van der Waals surface area contributed by atoms with Gasteiger partial charge in [0.25, 0.3) is 0 Å². The summed E-state index contributed by atoms with van der Waals surface area (Å²) >= 11 is 6.07. The molecule has 0 aliphatic rings. The van der Waals surface area contributed by atoms with Gasteiger partial charge in [0, 0.05) is 6.42 Å². The number of aromatic nitrogens is 5. The van der Waals surface area contributed by atoms with Crippen LogP contribution in [0.25, 0.3) is 0 Å². The summed E-state index contributed by atoms with van der Waals surface area (Å²) in [4.78, 5) is 0. The molecule has 92 valence electrons. The second-order valence-electron chi connectivity index (χ2n) is 3.66. The molecule has 0 N–H and O–H groups in total. The fraction of sp³-hybridized carbons (Fsp3) is 0.600. The van der Waals surface area contributed by atoms with Gasteiger partial charge >= 0.3 is 0 Å². The number of hydrogen-bond donors (Lipinski definition) is 0. The minimum absolute atomic E-state index is 0.0994. The van der Waals surface area contributed by atoms with Gasteiger partial charge in [0.15, 0.2) is 0 Å². The van der Waals surface area contributed by atoms with Crippen molar-refractivity contribution in [2.45, 2.75) is 38.6 Å². The van der Waals surface area contributed by atoms with Crippen LogP contribution in [0.4, 0.5) is 0 Å². The van der Waals surface area contributed by atoms with E-state index < -0.39 is 0 Å². The molecule has 0 aliphatic carbocycles. The highest BCUT2D eigenvalue weighted by atomic mass is 35.5. The first-order valence-electron chi connectivity index (χ1n) is 5.58. The largest absolute Gasteiger partial charge is 0.423 e. The Morgan fingerprint density at radius 1 is 1.29 bits per heavy atom. The van der Waals surface area contributed by atoms with Crippen LogP contribution in [0.3, 0.4) is 0 Å². The molecular formula is C10H14ClN5O. The highest BCUT2D eigenvalue weighted by Gasteiger charge is 2.11. The summed E-state index contributed by atoms with van der Waals surface area (Å²) < 4.78 is 7.04. The molecule has 7 heteroatoms. The Labute approximate surface area is 104 Å². The number of nitrogens with zero attached hydrogens (tertiary/aromatic N) is 5.